The Labute approximate surface area is 131 Å². The minimum absolute atomic E-state index is 0.0256. The summed E-state index contributed by atoms with van der Waals surface area (Å²) >= 11 is 6.42. The number of aliphatic carboxylic acids is 1. The van der Waals surface area contributed by atoms with E-state index >= 15 is 0 Å². The van der Waals surface area contributed by atoms with Crippen molar-refractivity contribution >= 4 is 46.3 Å². The molecular weight excluding hydrogens is 310 g/mol. The van der Waals surface area contributed by atoms with Crippen LogP contribution in [0.2, 0.25) is 0 Å². The molecule has 0 atom stereocenters. The zero-order valence-electron chi connectivity index (χ0n) is 11.7. The van der Waals surface area contributed by atoms with Gasteiger partial charge < -0.3 is 5.11 Å². The van der Waals surface area contributed by atoms with Gasteiger partial charge in [0, 0.05) is 31.3 Å². The molecule has 0 aromatic carbocycles. The Hall–Kier alpha value is -1.67. The van der Waals surface area contributed by atoms with Gasteiger partial charge in [-0.25, -0.2) is 0 Å². The molecule has 0 bridgehead atoms. The molecule has 21 heavy (non-hydrogen) atoms. The maximum absolute atomic E-state index is 12.3. The van der Waals surface area contributed by atoms with Crippen molar-refractivity contribution in [2.24, 2.45) is 7.05 Å². The highest BCUT2D eigenvalue weighted by molar-refractivity contribution is 8.26. The molecule has 2 rings (SSSR count). The predicted molar refractivity (Wildman–Crippen MR) is 84.7 cm³/mol. The second-order valence-electron chi connectivity index (χ2n) is 4.64. The lowest BCUT2D eigenvalue weighted by atomic mass is 10.2. The first-order valence-electron chi connectivity index (χ1n) is 6.36. The number of rotatable bonds is 5. The molecule has 1 N–H and O–H groups in total. The van der Waals surface area contributed by atoms with E-state index < -0.39 is 5.97 Å². The van der Waals surface area contributed by atoms with Gasteiger partial charge in [-0.2, -0.15) is 5.10 Å². The van der Waals surface area contributed by atoms with E-state index in [9.17, 15) is 9.59 Å². The third-order valence-electron chi connectivity index (χ3n) is 3.21. The van der Waals surface area contributed by atoms with E-state index in [0.717, 1.165) is 11.3 Å². The molecule has 1 saturated heterocycles. The number of carbonyl (C=O) groups excluding carboxylic acids is 1. The summed E-state index contributed by atoms with van der Waals surface area (Å²) < 4.78 is 2.21. The Morgan fingerprint density at radius 2 is 2.29 bits per heavy atom. The van der Waals surface area contributed by atoms with Gasteiger partial charge in [0.1, 0.15) is 4.32 Å². The predicted octanol–water partition coefficient (Wildman–Crippen LogP) is 1.79. The van der Waals surface area contributed by atoms with E-state index in [-0.39, 0.29) is 12.3 Å². The highest BCUT2D eigenvalue weighted by Gasteiger charge is 2.31. The van der Waals surface area contributed by atoms with Crippen LogP contribution in [0.25, 0.3) is 6.08 Å². The summed E-state index contributed by atoms with van der Waals surface area (Å²) in [5, 5.41) is 12.8. The number of hydrogen-bond donors (Lipinski definition) is 1. The lowest BCUT2D eigenvalue weighted by Crippen LogP contribution is -2.29. The van der Waals surface area contributed by atoms with E-state index in [1.807, 2.05) is 14.0 Å². The van der Waals surface area contributed by atoms with E-state index in [1.165, 1.54) is 16.7 Å². The van der Waals surface area contributed by atoms with E-state index in [1.54, 1.807) is 17.0 Å². The van der Waals surface area contributed by atoms with Crippen LogP contribution < -0.4 is 0 Å². The number of hydrogen-bond acceptors (Lipinski definition) is 5. The first kappa shape index (κ1) is 15.7. The summed E-state index contributed by atoms with van der Waals surface area (Å²) in [6, 6.07) is 0. The van der Waals surface area contributed by atoms with Crippen LogP contribution in [0.5, 0.6) is 0 Å². The highest BCUT2D eigenvalue weighted by atomic mass is 32.2. The molecule has 0 unspecified atom stereocenters. The third-order valence-corrected chi connectivity index (χ3v) is 4.58. The van der Waals surface area contributed by atoms with Crippen LogP contribution in [0.1, 0.15) is 24.1 Å². The van der Waals surface area contributed by atoms with Crippen molar-refractivity contribution in [1.29, 1.82) is 0 Å². The van der Waals surface area contributed by atoms with Gasteiger partial charge >= 0.3 is 5.97 Å². The summed E-state index contributed by atoms with van der Waals surface area (Å²) in [5.41, 5.74) is 1.84. The van der Waals surface area contributed by atoms with Crippen LogP contribution in [0.3, 0.4) is 0 Å². The normalized spacial score (nSPS) is 17.0. The Morgan fingerprint density at radius 1 is 1.57 bits per heavy atom. The lowest BCUT2D eigenvalue weighted by Gasteiger charge is -2.13. The molecule has 8 heteroatoms. The molecule has 0 spiro atoms. The molecule has 1 aromatic heterocycles. The van der Waals surface area contributed by atoms with Crippen LogP contribution in [0.15, 0.2) is 11.1 Å². The van der Waals surface area contributed by atoms with Gasteiger partial charge in [-0.1, -0.05) is 24.0 Å². The molecule has 2 heterocycles. The van der Waals surface area contributed by atoms with Gasteiger partial charge in [-0.15, -0.1) is 0 Å². The van der Waals surface area contributed by atoms with Crippen LogP contribution in [0.4, 0.5) is 0 Å². The molecule has 6 nitrogen and oxygen atoms in total. The molecule has 112 valence electrons. The fraction of sp³-hybridized carbons (Fsp3) is 0.385. The fourth-order valence-corrected chi connectivity index (χ4v) is 3.18. The quantitative estimate of drug-likeness (QED) is 0.657. The van der Waals surface area contributed by atoms with Gasteiger partial charge in [0.2, 0.25) is 0 Å². The number of carboxylic acids is 1. The lowest BCUT2D eigenvalue weighted by molar-refractivity contribution is -0.137. The molecule has 0 saturated carbocycles. The summed E-state index contributed by atoms with van der Waals surface area (Å²) in [4.78, 5) is 24.8. The summed E-state index contributed by atoms with van der Waals surface area (Å²) in [7, 11) is 1.84. The maximum Gasteiger partial charge on any atom is 0.303 e. The number of carbonyl (C=O) groups is 2. The molecule has 1 fully saturated rings. The molecule has 1 aliphatic rings. The number of aromatic nitrogens is 2. The van der Waals surface area contributed by atoms with Crippen LogP contribution >= 0.6 is 24.0 Å². The summed E-state index contributed by atoms with van der Waals surface area (Å²) in [6.07, 6.45) is 3.89. The Bertz CT molecular complexity index is 637. The standard InChI is InChI=1S/C13H15N3O3S2/c1-8-9(7-14-15(8)2)6-10-12(19)16(13(20)21-10)5-3-4-11(17)18/h6-7H,3-5H2,1-2H3,(H,17,18). The van der Waals surface area contributed by atoms with Crippen molar-refractivity contribution < 1.29 is 14.7 Å². The first-order valence-corrected chi connectivity index (χ1v) is 7.58. The Kier molecular flexibility index (Phi) is 4.79. The van der Waals surface area contributed by atoms with Crippen molar-refractivity contribution in [2.45, 2.75) is 19.8 Å². The van der Waals surface area contributed by atoms with E-state index in [0.29, 0.717) is 22.2 Å². The summed E-state index contributed by atoms with van der Waals surface area (Å²) in [5.74, 6) is -1.04. The first-order chi connectivity index (χ1) is 9.90. The maximum atomic E-state index is 12.3. The van der Waals surface area contributed by atoms with Gasteiger partial charge in [0.25, 0.3) is 5.91 Å². The average Bonchev–Trinajstić information content (AvgIpc) is 2.86. The van der Waals surface area contributed by atoms with E-state index in [2.05, 4.69) is 5.10 Å². The van der Waals surface area contributed by atoms with Crippen molar-refractivity contribution in [1.82, 2.24) is 14.7 Å². The van der Waals surface area contributed by atoms with Crippen molar-refractivity contribution in [3.63, 3.8) is 0 Å². The van der Waals surface area contributed by atoms with Crippen molar-refractivity contribution in [2.75, 3.05) is 6.54 Å². The molecule has 1 aromatic rings. The molecule has 0 radical (unpaired) electrons. The number of thioether (sulfide) groups is 1. The second kappa shape index (κ2) is 6.40. The topological polar surface area (TPSA) is 75.4 Å². The Balaban J connectivity index is 2.10. The van der Waals surface area contributed by atoms with Gasteiger partial charge in [-0.05, 0) is 19.4 Å². The minimum atomic E-state index is -0.873. The third kappa shape index (κ3) is 3.51. The smallest absolute Gasteiger partial charge is 0.303 e. The van der Waals surface area contributed by atoms with Gasteiger partial charge in [0.05, 0.1) is 11.1 Å². The fourth-order valence-electron chi connectivity index (χ4n) is 1.88. The summed E-state index contributed by atoms with van der Waals surface area (Å²) in [6.45, 7) is 2.26. The zero-order valence-corrected chi connectivity index (χ0v) is 13.3. The minimum Gasteiger partial charge on any atom is -0.481 e. The molecule has 1 aliphatic heterocycles. The number of amides is 1. The highest BCUT2D eigenvalue weighted by Crippen LogP contribution is 2.33. The average molecular weight is 325 g/mol. The number of aryl methyl sites for hydroxylation is 1. The molecule has 0 aliphatic carbocycles. The van der Waals surface area contributed by atoms with Crippen molar-refractivity contribution in [3.8, 4) is 0 Å². The molecular formula is C13H15N3O3S2. The second-order valence-corrected chi connectivity index (χ2v) is 6.32. The number of carboxylic acid groups (broad SMARTS) is 1. The largest absolute Gasteiger partial charge is 0.481 e. The van der Waals surface area contributed by atoms with Gasteiger partial charge in [-0.3, -0.25) is 19.2 Å². The van der Waals surface area contributed by atoms with Crippen LogP contribution in [-0.2, 0) is 16.6 Å². The van der Waals surface area contributed by atoms with Crippen LogP contribution in [-0.4, -0.2) is 42.5 Å². The SMILES string of the molecule is Cc1c(C=C2SC(=S)N(CCCC(=O)O)C2=O)cnn1C. The zero-order chi connectivity index (χ0) is 15.6. The van der Waals surface area contributed by atoms with E-state index in [4.69, 9.17) is 17.3 Å². The molecule has 1 amide bonds. The monoisotopic (exact) mass is 325 g/mol. The van der Waals surface area contributed by atoms with Gasteiger partial charge in [0.15, 0.2) is 0 Å². The number of nitrogens with zero attached hydrogens (tertiary/aromatic N) is 3. The number of thiocarbonyl (C=S) groups is 1. The van der Waals surface area contributed by atoms with Crippen LogP contribution in [0, 0.1) is 6.92 Å². The Morgan fingerprint density at radius 3 is 2.86 bits per heavy atom. The van der Waals surface area contributed by atoms with Crippen molar-refractivity contribution in [3.05, 3.63) is 22.4 Å².